The molecule has 1 saturated heterocycles. The Morgan fingerprint density at radius 3 is 2.66 bits per heavy atom. The van der Waals surface area contributed by atoms with Crippen LogP contribution in [0.5, 0.6) is 11.5 Å². The van der Waals surface area contributed by atoms with Crippen LogP contribution in [0.4, 0.5) is 5.69 Å². The summed E-state index contributed by atoms with van der Waals surface area (Å²) >= 11 is 18.5. The number of hydrogen-bond acceptors (Lipinski definition) is 7. The van der Waals surface area contributed by atoms with E-state index in [9.17, 15) is 9.59 Å². The van der Waals surface area contributed by atoms with Gasteiger partial charge in [-0.15, -0.1) is 0 Å². The van der Waals surface area contributed by atoms with Crippen molar-refractivity contribution in [3.05, 3.63) is 56.9 Å². The number of thioether (sulfide) groups is 1. The maximum Gasteiger partial charge on any atom is 0.266 e. The minimum absolute atomic E-state index is 0.131. The van der Waals surface area contributed by atoms with Gasteiger partial charge in [0.1, 0.15) is 4.32 Å². The molecule has 2 amide bonds. The Morgan fingerprint density at radius 1 is 1.14 bits per heavy atom. The van der Waals surface area contributed by atoms with Crippen LogP contribution >= 0.6 is 47.2 Å². The van der Waals surface area contributed by atoms with Crippen LogP contribution in [0, 0.1) is 0 Å². The zero-order valence-electron chi connectivity index (χ0n) is 19.1. The number of benzene rings is 2. The molecule has 1 heterocycles. The lowest BCUT2D eigenvalue weighted by atomic mass is 10.2. The summed E-state index contributed by atoms with van der Waals surface area (Å²) in [5.74, 6) is 0.361. The number of ether oxygens (including phenoxy) is 3. The largest absolute Gasteiger partial charge is 0.490 e. The van der Waals surface area contributed by atoms with Crippen molar-refractivity contribution in [1.29, 1.82) is 0 Å². The second-order valence-corrected chi connectivity index (χ2v) is 9.77. The minimum atomic E-state index is -0.368. The molecular weight excluding hydrogens is 531 g/mol. The Kier molecular flexibility index (Phi) is 10.2. The van der Waals surface area contributed by atoms with Crippen molar-refractivity contribution in [2.75, 3.05) is 38.8 Å². The van der Waals surface area contributed by atoms with E-state index in [4.69, 9.17) is 49.6 Å². The predicted octanol–water partition coefficient (Wildman–Crippen LogP) is 5.65. The van der Waals surface area contributed by atoms with Crippen LogP contribution in [-0.2, 0) is 14.3 Å². The molecule has 11 heteroatoms. The van der Waals surface area contributed by atoms with E-state index < -0.39 is 0 Å². The SMILES string of the molecule is CCOc1cc(/C=C2\SC(=S)N(CCCOC)C2=O)ccc1OCC(=O)Nc1ccc(Cl)c(Cl)c1. The van der Waals surface area contributed by atoms with Crippen LogP contribution < -0.4 is 14.8 Å². The van der Waals surface area contributed by atoms with Gasteiger partial charge < -0.3 is 19.5 Å². The average molecular weight is 556 g/mol. The molecule has 0 unspecified atom stereocenters. The number of nitrogens with one attached hydrogen (secondary N) is 1. The number of nitrogens with zero attached hydrogens (tertiary/aromatic N) is 1. The molecule has 7 nitrogen and oxygen atoms in total. The summed E-state index contributed by atoms with van der Waals surface area (Å²) in [6.07, 6.45) is 2.47. The molecule has 2 aromatic rings. The van der Waals surface area contributed by atoms with E-state index >= 15 is 0 Å². The first-order chi connectivity index (χ1) is 16.8. The molecule has 1 aliphatic rings. The van der Waals surface area contributed by atoms with Gasteiger partial charge in [0, 0.05) is 25.9 Å². The Balaban J connectivity index is 1.67. The van der Waals surface area contributed by atoms with Gasteiger partial charge in [0.2, 0.25) is 0 Å². The van der Waals surface area contributed by atoms with E-state index in [0.717, 1.165) is 5.56 Å². The Morgan fingerprint density at radius 2 is 1.94 bits per heavy atom. The van der Waals surface area contributed by atoms with Gasteiger partial charge in [0.05, 0.1) is 21.6 Å². The number of anilines is 1. The molecule has 1 N–H and O–H groups in total. The summed E-state index contributed by atoms with van der Waals surface area (Å²) in [6, 6.07) is 10.0. The summed E-state index contributed by atoms with van der Waals surface area (Å²) in [6.45, 7) is 3.08. The molecule has 0 aliphatic carbocycles. The molecule has 0 radical (unpaired) electrons. The minimum Gasteiger partial charge on any atom is -0.490 e. The van der Waals surface area contributed by atoms with Crippen LogP contribution in [-0.4, -0.2) is 54.5 Å². The van der Waals surface area contributed by atoms with Gasteiger partial charge in [-0.05, 0) is 55.3 Å². The molecule has 3 rings (SSSR count). The van der Waals surface area contributed by atoms with Crippen LogP contribution in [0.1, 0.15) is 18.9 Å². The molecule has 0 atom stereocenters. The molecule has 0 bridgehead atoms. The summed E-state index contributed by atoms with van der Waals surface area (Å²) < 4.78 is 17.0. The molecule has 0 spiro atoms. The van der Waals surface area contributed by atoms with Gasteiger partial charge in [0.15, 0.2) is 18.1 Å². The molecule has 2 aromatic carbocycles. The standard InChI is InChI=1S/C24H24Cl2N2O5S2/c1-3-32-20-11-15(12-21-23(30)28(24(34)35-21)9-4-10-31-2)5-8-19(20)33-14-22(29)27-16-6-7-17(25)18(26)13-16/h5-8,11-13H,3-4,9-10,14H2,1-2H3,(H,27,29)/b21-12-. The normalized spacial score (nSPS) is 14.5. The number of hydrogen-bond donors (Lipinski definition) is 1. The van der Waals surface area contributed by atoms with Crippen molar-refractivity contribution in [2.45, 2.75) is 13.3 Å². The number of thiocarbonyl (C=S) groups is 1. The molecule has 1 fully saturated rings. The van der Waals surface area contributed by atoms with E-state index in [1.807, 2.05) is 6.92 Å². The third kappa shape index (κ3) is 7.59. The van der Waals surface area contributed by atoms with Gasteiger partial charge in [-0.25, -0.2) is 0 Å². The van der Waals surface area contributed by atoms with Gasteiger partial charge in [-0.3, -0.25) is 14.5 Å². The molecule has 35 heavy (non-hydrogen) atoms. The molecule has 0 saturated carbocycles. The molecule has 0 aromatic heterocycles. The summed E-state index contributed by atoms with van der Waals surface area (Å²) in [5.41, 5.74) is 1.26. The van der Waals surface area contributed by atoms with Crippen molar-refractivity contribution in [3.63, 3.8) is 0 Å². The highest BCUT2D eigenvalue weighted by atomic mass is 35.5. The fourth-order valence-corrected chi connectivity index (χ4v) is 4.73. The zero-order chi connectivity index (χ0) is 25.4. The summed E-state index contributed by atoms with van der Waals surface area (Å²) in [5, 5.41) is 3.44. The molecule has 186 valence electrons. The maximum absolute atomic E-state index is 12.8. The van der Waals surface area contributed by atoms with E-state index in [1.165, 1.54) is 11.8 Å². The first kappa shape index (κ1) is 27.3. The highest BCUT2D eigenvalue weighted by molar-refractivity contribution is 8.26. The quantitative estimate of drug-likeness (QED) is 0.218. The lowest BCUT2D eigenvalue weighted by Gasteiger charge is -2.14. The highest BCUT2D eigenvalue weighted by Gasteiger charge is 2.31. The second-order valence-electron chi connectivity index (χ2n) is 7.28. The van der Waals surface area contributed by atoms with Crippen LogP contribution in [0.15, 0.2) is 41.3 Å². The lowest BCUT2D eigenvalue weighted by Crippen LogP contribution is -2.29. The third-order valence-corrected chi connectivity index (χ3v) is 6.85. The number of halogens is 2. The van der Waals surface area contributed by atoms with Gasteiger partial charge >= 0.3 is 0 Å². The van der Waals surface area contributed by atoms with Crippen molar-refractivity contribution in [3.8, 4) is 11.5 Å². The monoisotopic (exact) mass is 554 g/mol. The Bertz CT molecular complexity index is 1140. The third-order valence-electron chi connectivity index (χ3n) is 4.73. The summed E-state index contributed by atoms with van der Waals surface area (Å²) in [4.78, 5) is 27.2. The fourth-order valence-electron chi connectivity index (χ4n) is 3.13. The number of rotatable bonds is 11. The van der Waals surface area contributed by atoms with Crippen LogP contribution in [0.25, 0.3) is 6.08 Å². The van der Waals surface area contributed by atoms with Crippen LogP contribution in [0.2, 0.25) is 10.0 Å². The molecular formula is C24H24Cl2N2O5S2. The van der Waals surface area contributed by atoms with Crippen molar-refractivity contribution in [2.24, 2.45) is 0 Å². The first-order valence-corrected chi connectivity index (χ1v) is 12.7. The lowest BCUT2D eigenvalue weighted by molar-refractivity contribution is -0.122. The number of methoxy groups -OCH3 is 1. The fraction of sp³-hybridized carbons (Fsp3) is 0.292. The second kappa shape index (κ2) is 13.1. The number of amides is 2. The highest BCUT2D eigenvalue weighted by Crippen LogP contribution is 2.35. The topological polar surface area (TPSA) is 77.1 Å². The predicted molar refractivity (Wildman–Crippen MR) is 145 cm³/mol. The van der Waals surface area contributed by atoms with E-state index in [0.29, 0.717) is 62.6 Å². The number of carbonyl (C=O) groups is 2. The molecule has 1 aliphatic heterocycles. The van der Waals surface area contributed by atoms with E-state index in [-0.39, 0.29) is 18.4 Å². The van der Waals surface area contributed by atoms with Crippen LogP contribution in [0.3, 0.4) is 0 Å². The average Bonchev–Trinajstić information content (AvgIpc) is 3.08. The van der Waals surface area contributed by atoms with Crippen molar-refractivity contribution < 1.29 is 23.8 Å². The smallest absolute Gasteiger partial charge is 0.266 e. The Labute approximate surface area is 223 Å². The first-order valence-electron chi connectivity index (χ1n) is 10.7. The Hall–Kier alpha value is -2.30. The maximum atomic E-state index is 12.8. The van der Waals surface area contributed by atoms with Crippen molar-refractivity contribution >= 4 is 75.1 Å². The summed E-state index contributed by atoms with van der Waals surface area (Å²) in [7, 11) is 1.62. The van der Waals surface area contributed by atoms with Gasteiger partial charge in [0.25, 0.3) is 11.8 Å². The van der Waals surface area contributed by atoms with E-state index in [1.54, 1.807) is 54.5 Å². The van der Waals surface area contributed by atoms with Crippen molar-refractivity contribution in [1.82, 2.24) is 4.90 Å². The van der Waals surface area contributed by atoms with E-state index in [2.05, 4.69) is 5.32 Å². The zero-order valence-corrected chi connectivity index (χ0v) is 22.3. The van der Waals surface area contributed by atoms with Gasteiger partial charge in [-0.1, -0.05) is 53.2 Å². The number of carbonyl (C=O) groups excluding carboxylic acids is 2. The van der Waals surface area contributed by atoms with Gasteiger partial charge in [-0.2, -0.15) is 0 Å².